The van der Waals surface area contributed by atoms with Gasteiger partial charge in [0.05, 0.1) is 16.7 Å². The summed E-state index contributed by atoms with van der Waals surface area (Å²) in [5, 5.41) is 0. The van der Waals surface area contributed by atoms with E-state index in [4.69, 9.17) is 5.73 Å². The molecule has 0 aliphatic carbocycles. The van der Waals surface area contributed by atoms with E-state index in [1.807, 2.05) is 24.3 Å². The van der Waals surface area contributed by atoms with Gasteiger partial charge in [-0.2, -0.15) is 0 Å². The number of aromatic amines is 1. The molecule has 1 heterocycles. The molecule has 0 saturated carbocycles. The summed E-state index contributed by atoms with van der Waals surface area (Å²) in [6.45, 7) is 0. The second kappa shape index (κ2) is 3.59. The summed E-state index contributed by atoms with van der Waals surface area (Å²) in [6.07, 6.45) is 0. The summed E-state index contributed by atoms with van der Waals surface area (Å²) in [6, 6.07) is 12.3. The molecule has 3 N–H and O–H groups in total. The summed E-state index contributed by atoms with van der Waals surface area (Å²) in [4.78, 5) is 7.59. The fraction of sp³-hybridized carbons (Fsp3) is 0. The van der Waals surface area contributed by atoms with Crippen molar-refractivity contribution in [1.29, 1.82) is 0 Å². The van der Waals surface area contributed by atoms with Crippen LogP contribution < -0.4 is 5.73 Å². The van der Waals surface area contributed by atoms with Crippen LogP contribution in [0.15, 0.2) is 42.5 Å². The minimum absolute atomic E-state index is 0.128. The Kier molecular flexibility index (Phi) is 2.08. The lowest BCUT2D eigenvalue weighted by molar-refractivity contribution is 0.632. The Bertz CT molecular complexity index is 655. The van der Waals surface area contributed by atoms with E-state index < -0.39 is 5.82 Å². The molecule has 1 aromatic heterocycles. The molecule has 0 fully saturated rings. The highest BCUT2D eigenvalue weighted by Crippen LogP contribution is 2.23. The first-order chi connectivity index (χ1) is 8.24. The van der Waals surface area contributed by atoms with Gasteiger partial charge in [0.2, 0.25) is 0 Å². The molecule has 3 rings (SSSR count). The number of fused-ring (bicyclic) bond motifs is 1. The predicted octanol–water partition coefficient (Wildman–Crippen LogP) is 2.95. The summed E-state index contributed by atoms with van der Waals surface area (Å²) in [7, 11) is 0. The zero-order chi connectivity index (χ0) is 11.8. The largest absolute Gasteiger partial charge is 0.396 e. The second-order valence-electron chi connectivity index (χ2n) is 3.84. The average molecular weight is 227 g/mol. The number of nitrogens with two attached hydrogens (primary N) is 1. The number of imidazole rings is 1. The summed E-state index contributed by atoms with van der Waals surface area (Å²) >= 11 is 0. The fourth-order valence-corrected chi connectivity index (χ4v) is 1.78. The Labute approximate surface area is 97.1 Å². The van der Waals surface area contributed by atoms with Gasteiger partial charge in [0, 0.05) is 5.56 Å². The molecule has 84 valence electrons. The van der Waals surface area contributed by atoms with Gasteiger partial charge in [0.25, 0.3) is 0 Å². The van der Waals surface area contributed by atoms with Gasteiger partial charge in [-0.15, -0.1) is 0 Å². The lowest BCUT2D eigenvalue weighted by atomic mass is 10.2. The number of nitrogen functional groups attached to an aromatic ring is 1. The lowest BCUT2D eigenvalue weighted by Crippen LogP contribution is -1.91. The van der Waals surface area contributed by atoms with Crippen molar-refractivity contribution >= 4 is 16.7 Å². The van der Waals surface area contributed by atoms with Gasteiger partial charge in [-0.25, -0.2) is 9.37 Å². The molecule has 0 bridgehead atoms. The summed E-state index contributed by atoms with van der Waals surface area (Å²) in [5.41, 5.74) is 8.27. The molecule has 0 spiro atoms. The molecule has 0 radical (unpaired) electrons. The van der Waals surface area contributed by atoms with Crippen molar-refractivity contribution in [2.24, 2.45) is 0 Å². The third-order valence-electron chi connectivity index (χ3n) is 2.66. The van der Waals surface area contributed by atoms with Gasteiger partial charge in [-0.3, -0.25) is 0 Å². The van der Waals surface area contributed by atoms with Crippen LogP contribution in [-0.4, -0.2) is 9.97 Å². The fourth-order valence-electron chi connectivity index (χ4n) is 1.78. The highest BCUT2D eigenvalue weighted by atomic mass is 19.1. The van der Waals surface area contributed by atoms with Gasteiger partial charge in [-0.1, -0.05) is 12.1 Å². The smallest absolute Gasteiger partial charge is 0.146 e. The third kappa shape index (κ3) is 1.63. The van der Waals surface area contributed by atoms with E-state index in [0.717, 1.165) is 16.6 Å². The predicted molar refractivity (Wildman–Crippen MR) is 65.9 cm³/mol. The van der Waals surface area contributed by atoms with Crippen molar-refractivity contribution in [2.75, 3.05) is 5.73 Å². The number of nitrogens with zero attached hydrogens (tertiary/aromatic N) is 1. The van der Waals surface area contributed by atoms with E-state index in [-0.39, 0.29) is 5.69 Å². The van der Waals surface area contributed by atoms with E-state index >= 15 is 0 Å². The van der Waals surface area contributed by atoms with Crippen molar-refractivity contribution in [3.63, 3.8) is 0 Å². The zero-order valence-electron chi connectivity index (χ0n) is 8.94. The Hall–Kier alpha value is -2.36. The molecule has 0 unspecified atom stereocenters. The van der Waals surface area contributed by atoms with Crippen LogP contribution in [0.3, 0.4) is 0 Å². The highest BCUT2D eigenvalue weighted by Gasteiger charge is 2.06. The summed E-state index contributed by atoms with van der Waals surface area (Å²) in [5.74, 6) is 0.280. The normalized spacial score (nSPS) is 10.9. The molecule has 0 atom stereocenters. The first-order valence-corrected chi connectivity index (χ1v) is 5.24. The van der Waals surface area contributed by atoms with Crippen LogP contribution in [0.25, 0.3) is 22.4 Å². The van der Waals surface area contributed by atoms with Gasteiger partial charge < -0.3 is 10.7 Å². The lowest BCUT2D eigenvalue weighted by Gasteiger charge is -1.99. The van der Waals surface area contributed by atoms with Crippen LogP contribution in [0.5, 0.6) is 0 Å². The third-order valence-corrected chi connectivity index (χ3v) is 2.66. The quantitative estimate of drug-likeness (QED) is 0.628. The number of hydrogen-bond donors (Lipinski definition) is 2. The molecular weight excluding hydrogens is 217 g/mol. The molecule has 0 saturated heterocycles. The van der Waals surface area contributed by atoms with Gasteiger partial charge >= 0.3 is 0 Å². The van der Waals surface area contributed by atoms with Crippen LogP contribution in [-0.2, 0) is 0 Å². The zero-order valence-corrected chi connectivity index (χ0v) is 8.94. The van der Waals surface area contributed by atoms with Crippen LogP contribution >= 0.6 is 0 Å². The van der Waals surface area contributed by atoms with Crippen molar-refractivity contribution in [3.8, 4) is 11.4 Å². The van der Waals surface area contributed by atoms with Crippen LogP contribution in [0.4, 0.5) is 10.1 Å². The van der Waals surface area contributed by atoms with E-state index in [1.54, 1.807) is 12.1 Å². The maximum atomic E-state index is 13.1. The van der Waals surface area contributed by atoms with Gasteiger partial charge in [0.1, 0.15) is 11.6 Å². The number of benzene rings is 2. The molecule has 0 aliphatic rings. The molecule has 2 aromatic carbocycles. The van der Waals surface area contributed by atoms with Gasteiger partial charge in [-0.05, 0) is 30.3 Å². The van der Waals surface area contributed by atoms with Gasteiger partial charge in [0.15, 0.2) is 0 Å². The molecule has 17 heavy (non-hydrogen) atoms. The standard InChI is InChI=1S/C13H10FN3/c14-9-6-5-8(7-10(9)15)13-16-11-3-1-2-4-12(11)17-13/h1-7H,15H2,(H,16,17). The number of rotatable bonds is 1. The van der Waals surface area contributed by atoms with Crippen molar-refractivity contribution < 1.29 is 4.39 Å². The Morgan fingerprint density at radius 2 is 1.94 bits per heavy atom. The number of aromatic nitrogens is 2. The molecule has 4 heteroatoms. The first kappa shape index (κ1) is 9.84. The monoisotopic (exact) mass is 227 g/mol. The molecule has 3 nitrogen and oxygen atoms in total. The van der Waals surface area contributed by atoms with Crippen LogP contribution in [0.2, 0.25) is 0 Å². The van der Waals surface area contributed by atoms with Crippen molar-refractivity contribution in [1.82, 2.24) is 9.97 Å². The number of H-pyrrole nitrogens is 1. The minimum Gasteiger partial charge on any atom is -0.396 e. The average Bonchev–Trinajstić information content (AvgIpc) is 2.76. The molecule has 3 aromatic rings. The van der Waals surface area contributed by atoms with E-state index in [1.165, 1.54) is 6.07 Å². The number of halogens is 1. The Morgan fingerprint density at radius 3 is 2.71 bits per heavy atom. The Balaban J connectivity index is 2.17. The number of anilines is 1. The second-order valence-corrected chi connectivity index (χ2v) is 3.84. The maximum Gasteiger partial charge on any atom is 0.146 e. The first-order valence-electron chi connectivity index (χ1n) is 5.24. The SMILES string of the molecule is Nc1cc(-c2nc3ccccc3[nH]2)ccc1F. The van der Waals surface area contributed by atoms with E-state index in [0.29, 0.717) is 5.82 Å². The highest BCUT2D eigenvalue weighted by molar-refractivity contribution is 5.79. The molecule has 0 amide bonds. The van der Waals surface area contributed by atoms with Crippen LogP contribution in [0, 0.1) is 5.82 Å². The summed E-state index contributed by atoms with van der Waals surface area (Å²) < 4.78 is 13.1. The maximum absolute atomic E-state index is 13.1. The van der Waals surface area contributed by atoms with Crippen molar-refractivity contribution in [2.45, 2.75) is 0 Å². The Morgan fingerprint density at radius 1 is 1.12 bits per heavy atom. The topological polar surface area (TPSA) is 54.7 Å². The molecule has 0 aliphatic heterocycles. The van der Waals surface area contributed by atoms with E-state index in [2.05, 4.69) is 9.97 Å². The number of para-hydroxylation sites is 2. The molecular formula is C13H10FN3. The van der Waals surface area contributed by atoms with Crippen LogP contribution in [0.1, 0.15) is 0 Å². The number of hydrogen-bond acceptors (Lipinski definition) is 2. The number of nitrogens with one attached hydrogen (secondary N) is 1. The van der Waals surface area contributed by atoms with Crippen molar-refractivity contribution in [3.05, 3.63) is 48.3 Å². The van der Waals surface area contributed by atoms with E-state index in [9.17, 15) is 4.39 Å². The minimum atomic E-state index is -0.412.